The van der Waals surface area contributed by atoms with E-state index < -0.39 is 19.1 Å². The van der Waals surface area contributed by atoms with Gasteiger partial charge in [0.25, 0.3) is 0 Å². The number of allylic oxidation sites excluding steroid dienone is 2. The summed E-state index contributed by atoms with van der Waals surface area (Å²) >= 11 is 0. The molecule has 0 fully saturated rings. The molecule has 0 aromatic heterocycles. The molecule has 1 amide bonds. The second-order valence-electron chi connectivity index (χ2n) is 7.56. The van der Waals surface area contributed by atoms with Gasteiger partial charge in [-0.1, -0.05) is 25.1 Å². The maximum atomic E-state index is 12.5. The van der Waals surface area contributed by atoms with Crippen LogP contribution < -0.4 is 14.8 Å². The quantitative estimate of drug-likeness (QED) is 0.223. The van der Waals surface area contributed by atoms with Crippen molar-refractivity contribution in [3.05, 3.63) is 71.5 Å². The molecule has 0 spiro atoms. The summed E-state index contributed by atoms with van der Waals surface area (Å²) in [5, 5.41) is 22.6. The fourth-order valence-electron chi connectivity index (χ4n) is 3.12. The lowest BCUT2D eigenvalue weighted by atomic mass is 9.90. The highest BCUT2D eigenvalue weighted by Crippen LogP contribution is 2.40. The number of ether oxygens (including phenoxy) is 2. The minimum absolute atomic E-state index is 0.0469. The summed E-state index contributed by atoms with van der Waals surface area (Å²) in [6.45, 7) is 10.3. The number of amides is 1. The van der Waals surface area contributed by atoms with Crippen LogP contribution in [0.4, 0.5) is 13.2 Å². The zero-order valence-corrected chi connectivity index (χ0v) is 20.3. The summed E-state index contributed by atoms with van der Waals surface area (Å²) in [5.41, 5.74) is 3.55. The Kier molecular flexibility index (Phi) is 12.0. The zero-order valence-electron chi connectivity index (χ0n) is 20.3. The lowest BCUT2D eigenvalue weighted by molar-refractivity contribution is -0.274. The van der Waals surface area contributed by atoms with Crippen molar-refractivity contribution in [3.63, 3.8) is 0 Å². The molecule has 1 atom stereocenters. The molecule has 6 nitrogen and oxygen atoms in total. The first kappa shape index (κ1) is 29.7. The highest BCUT2D eigenvalue weighted by Gasteiger charge is 2.31. The normalized spacial score (nSPS) is 12.2. The first-order chi connectivity index (χ1) is 16.5. The van der Waals surface area contributed by atoms with E-state index in [4.69, 9.17) is 4.74 Å². The second-order valence-corrected chi connectivity index (χ2v) is 7.56. The van der Waals surface area contributed by atoms with Crippen molar-refractivity contribution in [2.75, 3.05) is 6.61 Å². The monoisotopic (exact) mass is 495 g/mol. The number of alkyl halides is 3. The Labute approximate surface area is 203 Å². The van der Waals surface area contributed by atoms with E-state index in [1.807, 2.05) is 20.8 Å². The number of hydrogen-bond acceptors (Lipinski definition) is 5. The lowest BCUT2D eigenvalue weighted by Gasteiger charge is -2.22. The fourth-order valence-corrected chi connectivity index (χ4v) is 3.12. The van der Waals surface area contributed by atoms with E-state index in [9.17, 15) is 28.2 Å². The minimum Gasteiger partial charge on any atom is -0.464 e. The van der Waals surface area contributed by atoms with E-state index in [1.54, 1.807) is 19.1 Å². The third kappa shape index (κ3) is 9.11. The predicted octanol–water partition coefficient (Wildman–Crippen LogP) is 5.72. The summed E-state index contributed by atoms with van der Waals surface area (Å²) in [7, 11) is 0. The number of aliphatic hydroxyl groups excluding tert-OH is 2. The molecule has 0 aliphatic heterocycles. The van der Waals surface area contributed by atoms with Crippen molar-refractivity contribution in [1.29, 1.82) is 0 Å². The van der Waals surface area contributed by atoms with Gasteiger partial charge in [0.15, 0.2) is 0 Å². The SMILES string of the molecule is C=CC.CC/C(C)=C/Oc1c(C)c(-c2ccc(OC(F)(F)F)cc2)cc(CNC=O)c1C(O)CO. The van der Waals surface area contributed by atoms with E-state index in [1.165, 1.54) is 30.5 Å². The Bertz CT molecular complexity index is 1000. The molecule has 2 aromatic carbocycles. The van der Waals surface area contributed by atoms with Gasteiger partial charge >= 0.3 is 6.36 Å². The van der Waals surface area contributed by atoms with Crippen molar-refractivity contribution in [2.45, 2.75) is 53.1 Å². The van der Waals surface area contributed by atoms with E-state index in [0.717, 1.165) is 12.0 Å². The van der Waals surface area contributed by atoms with Crippen LogP contribution in [0.25, 0.3) is 11.1 Å². The summed E-state index contributed by atoms with van der Waals surface area (Å²) < 4.78 is 47.2. The van der Waals surface area contributed by atoms with Gasteiger partial charge < -0.3 is 25.0 Å². The van der Waals surface area contributed by atoms with Crippen LogP contribution in [0.5, 0.6) is 11.5 Å². The van der Waals surface area contributed by atoms with E-state index >= 15 is 0 Å². The molecule has 0 aliphatic carbocycles. The van der Waals surface area contributed by atoms with Gasteiger partial charge in [-0.15, -0.1) is 19.8 Å². The standard InChI is InChI=1S/C23H26F3NO5.C3H6/c1-4-14(2)12-31-22-15(3)19(9-17(10-27-13-29)21(22)20(30)11-28)16-5-7-18(8-6-16)32-23(24,25)26;1-3-2/h5-9,12-13,20,28,30H,4,10-11H2,1-3H3,(H,27,29);3H,1H2,2H3/b14-12+;. The molecule has 0 aliphatic rings. The molecule has 0 saturated carbocycles. The molecular weight excluding hydrogens is 463 g/mol. The molecule has 0 saturated heterocycles. The number of benzene rings is 2. The number of rotatable bonds is 10. The first-order valence-electron chi connectivity index (χ1n) is 10.9. The zero-order chi connectivity index (χ0) is 26.6. The van der Waals surface area contributed by atoms with Crippen LogP contribution in [0.1, 0.15) is 50.0 Å². The second kappa shape index (κ2) is 14.2. The van der Waals surface area contributed by atoms with Crippen LogP contribution in [-0.2, 0) is 11.3 Å². The number of nitrogens with one attached hydrogen (secondary N) is 1. The topological polar surface area (TPSA) is 88.0 Å². The van der Waals surface area contributed by atoms with Crippen LogP contribution in [0.2, 0.25) is 0 Å². The third-order valence-corrected chi connectivity index (χ3v) is 4.87. The molecule has 2 rings (SSSR count). The number of hydrogen-bond donors (Lipinski definition) is 3. The third-order valence-electron chi connectivity index (χ3n) is 4.87. The Morgan fingerprint density at radius 3 is 2.34 bits per heavy atom. The number of carbonyl (C=O) groups excluding carboxylic acids is 1. The molecule has 0 heterocycles. The van der Waals surface area contributed by atoms with Crippen LogP contribution in [0.3, 0.4) is 0 Å². The first-order valence-corrected chi connectivity index (χ1v) is 10.9. The van der Waals surface area contributed by atoms with Crippen molar-refractivity contribution >= 4 is 6.41 Å². The van der Waals surface area contributed by atoms with Gasteiger partial charge in [-0.2, -0.15) is 0 Å². The highest BCUT2D eigenvalue weighted by atomic mass is 19.4. The molecular formula is C26H32F3NO5. The van der Waals surface area contributed by atoms with Gasteiger partial charge in [0.2, 0.25) is 6.41 Å². The maximum Gasteiger partial charge on any atom is 0.573 e. The number of halogens is 3. The maximum absolute atomic E-state index is 12.5. The Hall–Kier alpha value is -3.30. The van der Waals surface area contributed by atoms with E-state index in [2.05, 4.69) is 16.6 Å². The fraction of sp³-hybridized carbons (Fsp3) is 0.346. The lowest BCUT2D eigenvalue weighted by Crippen LogP contribution is -2.17. The number of carbonyl (C=O) groups is 1. The van der Waals surface area contributed by atoms with Gasteiger partial charge in [-0.25, -0.2) is 0 Å². The van der Waals surface area contributed by atoms with Crippen molar-refractivity contribution < 1.29 is 37.7 Å². The summed E-state index contributed by atoms with van der Waals surface area (Å²) in [6.07, 6.45) is -1.54. The van der Waals surface area contributed by atoms with Crippen molar-refractivity contribution in [3.8, 4) is 22.6 Å². The Morgan fingerprint density at radius 1 is 1.26 bits per heavy atom. The van der Waals surface area contributed by atoms with Crippen LogP contribution in [-0.4, -0.2) is 29.6 Å². The van der Waals surface area contributed by atoms with Gasteiger partial charge in [-0.3, -0.25) is 4.79 Å². The molecule has 192 valence electrons. The van der Waals surface area contributed by atoms with Crippen LogP contribution in [0.15, 0.2) is 54.8 Å². The van der Waals surface area contributed by atoms with E-state index in [-0.39, 0.29) is 12.3 Å². The van der Waals surface area contributed by atoms with Gasteiger partial charge in [-0.05, 0) is 73.2 Å². The molecule has 9 heteroatoms. The van der Waals surface area contributed by atoms with Crippen molar-refractivity contribution in [2.24, 2.45) is 0 Å². The van der Waals surface area contributed by atoms with Crippen molar-refractivity contribution in [1.82, 2.24) is 5.32 Å². The molecule has 3 N–H and O–H groups in total. The minimum atomic E-state index is -4.79. The Morgan fingerprint density at radius 2 is 1.86 bits per heavy atom. The summed E-state index contributed by atoms with van der Waals surface area (Å²) in [4.78, 5) is 10.9. The predicted molar refractivity (Wildman–Crippen MR) is 129 cm³/mol. The van der Waals surface area contributed by atoms with Gasteiger partial charge in [0.05, 0.1) is 12.9 Å². The smallest absolute Gasteiger partial charge is 0.464 e. The van der Waals surface area contributed by atoms with Gasteiger partial charge in [0, 0.05) is 12.1 Å². The molecule has 0 bridgehead atoms. The summed E-state index contributed by atoms with van der Waals surface area (Å²) in [5.74, 6) is -0.0535. The van der Waals surface area contributed by atoms with Crippen LogP contribution in [0, 0.1) is 6.92 Å². The molecule has 0 radical (unpaired) electrons. The van der Waals surface area contributed by atoms with Gasteiger partial charge in [0.1, 0.15) is 17.6 Å². The number of aliphatic hydroxyl groups is 2. The van der Waals surface area contributed by atoms with E-state index in [0.29, 0.717) is 40.0 Å². The largest absolute Gasteiger partial charge is 0.573 e. The average Bonchev–Trinajstić information content (AvgIpc) is 2.81. The van der Waals surface area contributed by atoms with Crippen LogP contribution >= 0.6 is 0 Å². The molecule has 2 aromatic rings. The Balaban J connectivity index is 0.00000194. The highest BCUT2D eigenvalue weighted by molar-refractivity contribution is 5.73. The molecule has 35 heavy (non-hydrogen) atoms. The average molecular weight is 496 g/mol. The molecule has 1 unspecified atom stereocenters. The summed E-state index contributed by atoms with van der Waals surface area (Å²) in [6, 6.07) is 7.04.